The smallest absolute Gasteiger partial charge is 0.166 e. The van der Waals surface area contributed by atoms with Gasteiger partial charge in [-0.15, -0.1) is 11.3 Å². The standard InChI is InChI=1S/C45H26N4OS/c1-2-12-27(13-3-1)43-46-44(28-22-25-40-34(26-28)30-15-7-11-21-39(30)51-40)48-45(47-43)33-17-5-9-19-36(33)49-35-18-8-4-16-32(35)41-37(49)24-23-31-29-14-6-10-20-38(29)50-42(31)41/h1-26H. The lowest BCUT2D eigenvalue weighted by atomic mass is 10.1. The molecular formula is C45H26N4OS. The summed E-state index contributed by atoms with van der Waals surface area (Å²) in [6.45, 7) is 0. The zero-order chi connectivity index (χ0) is 33.5. The van der Waals surface area contributed by atoms with E-state index >= 15 is 0 Å². The predicted octanol–water partition coefficient (Wildman–Crippen LogP) is 12.2. The fourth-order valence-electron chi connectivity index (χ4n) is 7.56. The number of hydrogen-bond acceptors (Lipinski definition) is 5. The number of benzene rings is 7. The van der Waals surface area contributed by atoms with Crippen LogP contribution >= 0.6 is 11.3 Å². The number of fused-ring (bicyclic) bond motifs is 10. The first kappa shape index (κ1) is 28.2. The van der Waals surface area contributed by atoms with Crippen molar-refractivity contribution >= 4 is 75.3 Å². The maximum absolute atomic E-state index is 6.57. The van der Waals surface area contributed by atoms with Crippen molar-refractivity contribution in [3.63, 3.8) is 0 Å². The highest BCUT2D eigenvalue weighted by Gasteiger charge is 2.22. The van der Waals surface area contributed by atoms with E-state index in [1.807, 2.05) is 30.3 Å². The Morgan fingerprint density at radius 3 is 2.04 bits per heavy atom. The normalized spacial score (nSPS) is 11.9. The molecule has 0 aliphatic carbocycles. The summed E-state index contributed by atoms with van der Waals surface area (Å²) < 4.78 is 11.4. The van der Waals surface area contributed by atoms with Crippen LogP contribution in [0.1, 0.15) is 0 Å². The van der Waals surface area contributed by atoms with Crippen LogP contribution in [0.3, 0.4) is 0 Å². The Balaban J connectivity index is 1.17. The van der Waals surface area contributed by atoms with Crippen molar-refractivity contribution in [3.8, 4) is 39.9 Å². The van der Waals surface area contributed by atoms with E-state index in [4.69, 9.17) is 19.4 Å². The minimum atomic E-state index is 0.612. The Kier molecular flexibility index (Phi) is 6.05. The average Bonchev–Trinajstić information content (AvgIpc) is 3.87. The van der Waals surface area contributed by atoms with E-state index in [1.54, 1.807) is 11.3 Å². The molecule has 4 heterocycles. The number of thiophene rings is 1. The van der Waals surface area contributed by atoms with Gasteiger partial charge in [-0.3, -0.25) is 0 Å². The van der Waals surface area contributed by atoms with Gasteiger partial charge < -0.3 is 8.98 Å². The zero-order valence-corrected chi connectivity index (χ0v) is 27.9. The van der Waals surface area contributed by atoms with E-state index in [1.165, 1.54) is 20.2 Å². The van der Waals surface area contributed by atoms with Crippen LogP contribution in [0.5, 0.6) is 0 Å². The quantitative estimate of drug-likeness (QED) is 0.187. The summed E-state index contributed by atoms with van der Waals surface area (Å²) >= 11 is 1.81. The van der Waals surface area contributed by atoms with Crippen LogP contribution in [-0.4, -0.2) is 19.5 Å². The van der Waals surface area contributed by atoms with Gasteiger partial charge in [-0.25, -0.2) is 15.0 Å². The molecule has 238 valence electrons. The third kappa shape index (κ3) is 4.30. The summed E-state index contributed by atoms with van der Waals surface area (Å²) in [5.74, 6) is 1.88. The van der Waals surface area contributed by atoms with Gasteiger partial charge in [-0.1, -0.05) is 97.1 Å². The summed E-state index contributed by atoms with van der Waals surface area (Å²) in [5.41, 5.74) is 7.70. The molecule has 0 aliphatic heterocycles. The molecule has 0 amide bonds. The third-order valence-electron chi connectivity index (χ3n) is 9.87. The van der Waals surface area contributed by atoms with Crippen molar-refractivity contribution in [2.45, 2.75) is 0 Å². The molecule has 11 rings (SSSR count). The molecule has 0 bridgehead atoms. The van der Waals surface area contributed by atoms with Gasteiger partial charge in [0.1, 0.15) is 11.2 Å². The van der Waals surface area contributed by atoms with Crippen molar-refractivity contribution in [2.75, 3.05) is 0 Å². The summed E-state index contributed by atoms with van der Waals surface area (Å²) in [6.07, 6.45) is 0. The molecule has 11 aromatic rings. The van der Waals surface area contributed by atoms with Crippen molar-refractivity contribution in [3.05, 3.63) is 158 Å². The van der Waals surface area contributed by atoms with Gasteiger partial charge in [0.05, 0.1) is 22.1 Å². The van der Waals surface area contributed by atoms with Gasteiger partial charge in [0.25, 0.3) is 0 Å². The molecule has 0 atom stereocenters. The van der Waals surface area contributed by atoms with Crippen LogP contribution in [0.25, 0.3) is 104 Å². The number of rotatable bonds is 4. The molecule has 0 unspecified atom stereocenters. The number of para-hydroxylation sites is 3. The Morgan fingerprint density at radius 2 is 1.14 bits per heavy atom. The lowest BCUT2D eigenvalue weighted by molar-refractivity contribution is 0.673. The van der Waals surface area contributed by atoms with Crippen LogP contribution < -0.4 is 0 Å². The molecule has 7 aromatic carbocycles. The van der Waals surface area contributed by atoms with Gasteiger partial charge in [-0.05, 0) is 60.7 Å². The summed E-state index contributed by atoms with van der Waals surface area (Å²) in [6, 6.07) is 54.8. The monoisotopic (exact) mass is 670 g/mol. The first-order valence-corrected chi connectivity index (χ1v) is 17.8. The molecule has 0 N–H and O–H groups in total. The molecule has 6 heteroatoms. The lowest BCUT2D eigenvalue weighted by Gasteiger charge is -2.14. The van der Waals surface area contributed by atoms with E-state index in [-0.39, 0.29) is 0 Å². The van der Waals surface area contributed by atoms with Crippen LogP contribution in [-0.2, 0) is 0 Å². The van der Waals surface area contributed by atoms with E-state index < -0.39 is 0 Å². The fourth-order valence-corrected chi connectivity index (χ4v) is 8.65. The average molecular weight is 671 g/mol. The van der Waals surface area contributed by atoms with Crippen molar-refractivity contribution in [2.24, 2.45) is 0 Å². The highest BCUT2D eigenvalue weighted by Crippen LogP contribution is 2.42. The maximum atomic E-state index is 6.57. The third-order valence-corrected chi connectivity index (χ3v) is 11.0. The van der Waals surface area contributed by atoms with Crippen LogP contribution in [0.4, 0.5) is 0 Å². The van der Waals surface area contributed by atoms with Crippen molar-refractivity contribution < 1.29 is 4.42 Å². The van der Waals surface area contributed by atoms with Crippen LogP contribution in [0.15, 0.2) is 162 Å². The van der Waals surface area contributed by atoms with Gasteiger partial charge in [0.2, 0.25) is 0 Å². The van der Waals surface area contributed by atoms with Gasteiger partial charge in [0, 0.05) is 53.0 Å². The topological polar surface area (TPSA) is 56.7 Å². The molecule has 0 aliphatic rings. The first-order chi connectivity index (χ1) is 25.3. The number of furan rings is 1. The number of aromatic nitrogens is 4. The Morgan fingerprint density at radius 1 is 0.451 bits per heavy atom. The van der Waals surface area contributed by atoms with Crippen molar-refractivity contribution in [1.82, 2.24) is 19.5 Å². The van der Waals surface area contributed by atoms with Gasteiger partial charge >= 0.3 is 0 Å². The van der Waals surface area contributed by atoms with Crippen molar-refractivity contribution in [1.29, 1.82) is 0 Å². The Bertz CT molecular complexity index is 3150. The second kappa shape index (κ2) is 10.9. The predicted molar refractivity (Wildman–Crippen MR) is 211 cm³/mol. The molecule has 0 fully saturated rings. The fraction of sp³-hybridized carbons (Fsp3) is 0. The van der Waals surface area contributed by atoms with E-state index in [9.17, 15) is 0 Å². The minimum absolute atomic E-state index is 0.612. The lowest BCUT2D eigenvalue weighted by Crippen LogP contribution is -2.03. The van der Waals surface area contributed by atoms with Gasteiger partial charge in [0.15, 0.2) is 17.5 Å². The zero-order valence-electron chi connectivity index (χ0n) is 27.1. The molecule has 0 radical (unpaired) electrons. The Hall–Kier alpha value is -6.63. The minimum Gasteiger partial charge on any atom is -0.455 e. The molecular weight excluding hydrogens is 645 g/mol. The molecule has 5 nitrogen and oxygen atoms in total. The molecule has 0 saturated heterocycles. The number of hydrogen-bond donors (Lipinski definition) is 0. The molecule has 0 saturated carbocycles. The van der Waals surface area contributed by atoms with Gasteiger partial charge in [-0.2, -0.15) is 0 Å². The van der Waals surface area contributed by atoms with E-state index in [0.29, 0.717) is 17.5 Å². The summed E-state index contributed by atoms with van der Waals surface area (Å²) in [4.78, 5) is 15.5. The maximum Gasteiger partial charge on any atom is 0.166 e. The second-order valence-electron chi connectivity index (χ2n) is 12.8. The molecule has 51 heavy (non-hydrogen) atoms. The van der Waals surface area contributed by atoms with E-state index in [2.05, 4.69) is 132 Å². The number of nitrogens with zero attached hydrogens (tertiary/aromatic N) is 4. The molecule has 0 spiro atoms. The van der Waals surface area contributed by atoms with Crippen LogP contribution in [0.2, 0.25) is 0 Å². The van der Waals surface area contributed by atoms with Crippen LogP contribution in [0, 0.1) is 0 Å². The molecule has 4 aromatic heterocycles. The second-order valence-corrected chi connectivity index (χ2v) is 13.9. The largest absolute Gasteiger partial charge is 0.455 e. The Labute approximate surface area is 295 Å². The summed E-state index contributed by atoms with van der Waals surface area (Å²) in [5, 5.41) is 6.90. The first-order valence-electron chi connectivity index (χ1n) is 16.9. The SMILES string of the molecule is c1ccc(-c2nc(-c3ccc4sc5ccccc5c4c3)nc(-c3ccccc3-n3c4ccccc4c4c5oc6ccccc6c5ccc43)n2)cc1. The van der Waals surface area contributed by atoms with E-state index in [0.717, 1.165) is 66.1 Å². The highest BCUT2D eigenvalue weighted by atomic mass is 32.1. The summed E-state index contributed by atoms with van der Waals surface area (Å²) in [7, 11) is 0. The highest BCUT2D eigenvalue weighted by molar-refractivity contribution is 7.25.